The van der Waals surface area contributed by atoms with Gasteiger partial charge in [0.15, 0.2) is 0 Å². The van der Waals surface area contributed by atoms with E-state index in [1.807, 2.05) is 26.2 Å². The Morgan fingerprint density at radius 1 is 0.800 bits per heavy atom. The van der Waals surface area contributed by atoms with Crippen LogP contribution in [0.3, 0.4) is 0 Å². The highest BCUT2D eigenvalue weighted by Gasteiger charge is 2.07. The molecule has 1 aromatic carbocycles. The predicted molar refractivity (Wildman–Crippen MR) is 104 cm³/mol. The predicted octanol–water partition coefficient (Wildman–Crippen LogP) is 5.38. The van der Waals surface area contributed by atoms with E-state index in [2.05, 4.69) is 64.3 Å². The van der Waals surface area contributed by atoms with Gasteiger partial charge in [0.1, 0.15) is 0 Å². The van der Waals surface area contributed by atoms with Gasteiger partial charge in [-0.1, -0.05) is 6.07 Å². The van der Waals surface area contributed by atoms with Crippen molar-refractivity contribution in [3.8, 4) is 22.4 Å². The number of aryl methyl sites for hydroxylation is 3. The molecule has 0 aliphatic heterocycles. The summed E-state index contributed by atoms with van der Waals surface area (Å²) in [7, 11) is 0. The van der Waals surface area contributed by atoms with Crippen LogP contribution in [0.15, 0.2) is 54.9 Å². The van der Waals surface area contributed by atoms with Gasteiger partial charge >= 0.3 is 0 Å². The molecule has 4 N–H and O–H groups in total. The molecule has 4 rings (SSSR count). The normalized spacial score (nSPS) is 10.7. The molecule has 4 nitrogen and oxygen atoms in total. The van der Waals surface area contributed by atoms with E-state index in [-0.39, 0.29) is 6.15 Å². The zero-order chi connectivity index (χ0) is 16.7. The Bertz CT molecular complexity index is 1050. The van der Waals surface area contributed by atoms with Crippen LogP contribution in [-0.2, 0) is 0 Å². The van der Waals surface area contributed by atoms with Gasteiger partial charge in [0.05, 0.1) is 0 Å². The molecular weight excluding hydrogens is 308 g/mol. The van der Waals surface area contributed by atoms with Crippen LogP contribution < -0.4 is 6.15 Å². The minimum Gasteiger partial charge on any atom is -0.354 e. The number of fused-ring (bicyclic) bond motifs is 1. The Kier molecular flexibility index (Phi) is 4.38. The molecule has 0 spiro atoms. The van der Waals surface area contributed by atoms with Crippen molar-refractivity contribution in [2.75, 3.05) is 0 Å². The lowest BCUT2D eigenvalue weighted by molar-refractivity contribution is 1.15. The van der Waals surface area contributed by atoms with E-state index in [9.17, 15) is 0 Å². The number of benzene rings is 1. The van der Waals surface area contributed by atoms with Gasteiger partial charge in [-0.15, -0.1) is 0 Å². The van der Waals surface area contributed by atoms with Crippen LogP contribution in [0.1, 0.15) is 17.0 Å². The molecule has 0 saturated carbocycles. The molecule has 4 heteroatoms. The summed E-state index contributed by atoms with van der Waals surface area (Å²) in [6.07, 6.45) is 3.79. The van der Waals surface area contributed by atoms with Crippen molar-refractivity contribution in [2.24, 2.45) is 0 Å². The molecule has 0 aliphatic rings. The van der Waals surface area contributed by atoms with Crippen molar-refractivity contribution in [3.63, 3.8) is 0 Å². The Hall–Kier alpha value is -2.98. The fourth-order valence-corrected chi connectivity index (χ4v) is 2.98. The second-order valence-electron chi connectivity index (χ2n) is 6.30. The second-order valence-corrected chi connectivity index (χ2v) is 6.30. The van der Waals surface area contributed by atoms with Gasteiger partial charge in [-0.2, -0.15) is 0 Å². The first-order valence-corrected chi connectivity index (χ1v) is 8.09. The first kappa shape index (κ1) is 16.9. The molecule has 0 amide bonds. The van der Waals surface area contributed by atoms with Crippen molar-refractivity contribution in [2.45, 2.75) is 20.8 Å². The third-order valence-electron chi connectivity index (χ3n) is 4.50. The van der Waals surface area contributed by atoms with Crippen LogP contribution in [0.2, 0.25) is 0 Å². The first-order valence-electron chi connectivity index (χ1n) is 8.09. The molecular formula is C21H22N4. The maximum atomic E-state index is 4.47. The average Bonchev–Trinajstić information content (AvgIpc) is 3.00. The van der Waals surface area contributed by atoms with Crippen LogP contribution in [0, 0.1) is 20.8 Å². The van der Waals surface area contributed by atoms with Gasteiger partial charge in [-0.3, -0.25) is 9.97 Å². The van der Waals surface area contributed by atoms with E-state index in [0.29, 0.717) is 0 Å². The van der Waals surface area contributed by atoms with E-state index < -0.39 is 0 Å². The molecule has 0 atom stereocenters. The number of aromatic amines is 1. The summed E-state index contributed by atoms with van der Waals surface area (Å²) in [4.78, 5) is 12.2. The summed E-state index contributed by atoms with van der Waals surface area (Å²) in [6.45, 7) is 6.15. The molecule has 0 radical (unpaired) electrons. The highest BCUT2D eigenvalue weighted by atomic mass is 14.7. The van der Waals surface area contributed by atoms with Crippen molar-refractivity contribution < 1.29 is 0 Å². The molecule has 126 valence electrons. The first-order chi connectivity index (χ1) is 11.6. The second kappa shape index (κ2) is 6.49. The van der Waals surface area contributed by atoms with Gasteiger partial charge in [-0.05, 0) is 73.9 Å². The van der Waals surface area contributed by atoms with E-state index in [1.165, 1.54) is 22.1 Å². The number of pyridine rings is 2. The number of aromatic nitrogens is 3. The molecule has 3 aromatic heterocycles. The van der Waals surface area contributed by atoms with Crippen LogP contribution >= 0.6 is 0 Å². The lowest BCUT2D eigenvalue weighted by Crippen LogP contribution is -1.87. The van der Waals surface area contributed by atoms with Gasteiger partial charge < -0.3 is 11.1 Å². The Labute approximate surface area is 147 Å². The monoisotopic (exact) mass is 330 g/mol. The maximum Gasteiger partial charge on any atom is 0.0480 e. The largest absolute Gasteiger partial charge is 0.354 e. The quantitative estimate of drug-likeness (QED) is 0.518. The molecule has 0 fully saturated rings. The summed E-state index contributed by atoms with van der Waals surface area (Å²) in [6, 6.07) is 15.0. The highest BCUT2D eigenvalue weighted by molar-refractivity contribution is 5.89. The summed E-state index contributed by atoms with van der Waals surface area (Å²) in [5.41, 5.74) is 9.07. The van der Waals surface area contributed by atoms with Gasteiger partial charge in [0.2, 0.25) is 0 Å². The van der Waals surface area contributed by atoms with Gasteiger partial charge in [-0.25, -0.2) is 0 Å². The Morgan fingerprint density at radius 3 is 2.36 bits per heavy atom. The summed E-state index contributed by atoms with van der Waals surface area (Å²) < 4.78 is 0. The number of nitrogens with zero attached hydrogens (tertiary/aromatic N) is 2. The number of rotatable bonds is 2. The standard InChI is InChI=1S/C21H19N3.H3N/c1-13-8-19(12-23-15(13)3)21-11-18-10-16(4-5-20(18)24-21)17-6-7-22-14(2)9-17;/h4-12,24H,1-3H3;1H3. The van der Waals surface area contributed by atoms with Gasteiger partial charge in [0, 0.05) is 45.9 Å². The number of hydrogen-bond acceptors (Lipinski definition) is 3. The number of hydrogen-bond donors (Lipinski definition) is 2. The highest BCUT2D eigenvalue weighted by Crippen LogP contribution is 2.29. The SMILES string of the molecule is Cc1cc(-c2ccc3[nH]c(-c4cnc(C)c(C)c4)cc3c2)ccn1.N. The minimum atomic E-state index is 0. The smallest absolute Gasteiger partial charge is 0.0480 e. The molecule has 0 aliphatic carbocycles. The molecule has 3 heterocycles. The van der Waals surface area contributed by atoms with E-state index in [1.54, 1.807) is 0 Å². The van der Waals surface area contributed by atoms with Crippen LogP contribution in [-0.4, -0.2) is 15.0 Å². The molecule has 0 bridgehead atoms. The lowest BCUT2D eigenvalue weighted by atomic mass is 10.0. The molecule has 4 aromatic rings. The van der Waals surface area contributed by atoms with Crippen molar-refractivity contribution in [3.05, 3.63) is 71.8 Å². The fraction of sp³-hybridized carbons (Fsp3) is 0.143. The van der Waals surface area contributed by atoms with Crippen LogP contribution in [0.4, 0.5) is 0 Å². The van der Waals surface area contributed by atoms with E-state index >= 15 is 0 Å². The Balaban J connectivity index is 0.00000182. The summed E-state index contributed by atoms with van der Waals surface area (Å²) in [5, 5.41) is 1.20. The van der Waals surface area contributed by atoms with Crippen LogP contribution in [0.5, 0.6) is 0 Å². The maximum absolute atomic E-state index is 4.47. The number of H-pyrrole nitrogens is 1. The molecule has 25 heavy (non-hydrogen) atoms. The molecule has 0 unspecified atom stereocenters. The van der Waals surface area contributed by atoms with Crippen LogP contribution in [0.25, 0.3) is 33.3 Å². The van der Waals surface area contributed by atoms with E-state index in [0.717, 1.165) is 28.2 Å². The topological polar surface area (TPSA) is 76.6 Å². The zero-order valence-electron chi connectivity index (χ0n) is 14.8. The van der Waals surface area contributed by atoms with Crippen molar-refractivity contribution in [1.82, 2.24) is 21.1 Å². The minimum absolute atomic E-state index is 0. The summed E-state index contributed by atoms with van der Waals surface area (Å²) >= 11 is 0. The lowest BCUT2D eigenvalue weighted by Gasteiger charge is -2.02. The molecule has 0 saturated heterocycles. The Morgan fingerprint density at radius 2 is 1.60 bits per heavy atom. The number of nitrogens with one attached hydrogen (secondary N) is 1. The van der Waals surface area contributed by atoms with Gasteiger partial charge in [0.25, 0.3) is 0 Å². The summed E-state index contributed by atoms with van der Waals surface area (Å²) in [5.74, 6) is 0. The van der Waals surface area contributed by atoms with Crippen molar-refractivity contribution in [1.29, 1.82) is 0 Å². The third kappa shape index (κ3) is 3.16. The fourth-order valence-electron chi connectivity index (χ4n) is 2.98. The zero-order valence-corrected chi connectivity index (χ0v) is 14.8. The van der Waals surface area contributed by atoms with Crippen molar-refractivity contribution >= 4 is 10.9 Å². The average molecular weight is 330 g/mol. The third-order valence-corrected chi connectivity index (χ3v) is 4.50. The van der Waals surface area contributed by atoms with E-state index in [4.69, 9.17) is 0 Å².